The van der Waals surface area contributed by atoms with Gasteiger partial charge in [0.1, 0.15) is 0 Å². The smallest absolute Gasteiger partial charge is 0.0270 e. The molecule has 0 radical (unpaired) electrons. The number of hydrogen-bond donors (Lipinski definition) is 1. The van der Waals surface area contributed by atoms with Gasteiger partial charge in [-0.05, 0) is 29.2 Å². The van der Waals surface area contributed by atoms with E-state index in [-0.39, 0.29) is 0 Å². The van der Waals surface area contributed by atoms with E-state index in [2.05, 4.69) is 34.6 Å². The van der Waals surface area contributed by atoms with Crippen LogP contribution in [0.2, 0.25) is 0 Å². The summed E-state index contributed by atoms with van der Waals surface area (Å²) in [5.74, 6) is 0. The van der Waals surface area contributed by atoms with Gasteiger partial charge in [-0.2, -0.15) is 0 Å². The van der Waals surface area contributed by atoms with Crippen molar-refractivity contribution in [3.63, 3.8) is 0 Å². The minimum absolute atomic E-state index is 1.21. The molecule has 0 fully saturated rings. The topological polar surface area (TPSA) is 15.8 Å². The molecule has 1 nitrogen and oxygen atoms in total. The standard InChI is InChI=1S/C10H9NS/c1-2-10(12-7-1)4-3-9-5-6-11-8-9/h1-8,11H. The Hall–Kier alpha value is -1.28. The van der Waals surface area contributed by atoms with Gasteiger partial charge in [0.05, 0.1) is 0 Å². The summed E-state index contributed by atoms with van der Waals surface area (Å²) in [4.78, 5) is 4.30. The van der Waals surface area contributed by atoms with Gasteiger partial charge in [-0.25, -0.2) is 0 Å². The SMILES string of the molecule is C(=Cc1cccs1)c1cc[nH]c1. The first-order valence-electron chi connectivity index (χ1n) is 3.79. The summed E-state index contributed by atoms with van der Waals surface area (Å²) in [6, 6.07) is 6.21. The lowest BCUT2D eigenvalue weighted by atomic mass is 10.3. The van der Waals surface area contributed by atoms with Gasteiger partial charge in [0.2, 0.25) is 0 Å². The van der Waals surface area contributed by atoms with Crippen molar-refractivity contribution < 1.29 is 0 Å². The molecule has 0 bridgehead atoms. The zero-order valence-corrected chi connectivity index (χ0v) is 7.34. The fourth-order valence-corrected chi connectivity index (χ4v) is 1.62. The van der Waals surface area contributed by atoms with Gasteiger partial charge in [-0.15, -0.1) is 11.3 Å². The molecule has 0 atom stereocenters. The molecule has 2 heterocycles. The first kappa shape index (κ1) is 7.37. The highest BCUT2D eigenvalue weighted by Gasteiger charge is 1.86. The monoisotopic (exact) mass is 175 g/mol. The predicted octanol–water partition coefficient (Wildman–Crippen LogP) is 3.25. The minimum Gasteiger partial charge on any atom is -0.367 e. The third kappa shape index (κ3) is 1.66. The van der Waals surface area contributed by atoms with Gasteiger partial charge in [-0.3, -0.25) is 0 Å². The van der Waals surface area contributed by atoms with E-state index in [0.29, 0.717) is 0 Å². The van der Waals surface area contributed by atoms with Gasteiger partial charge in [0.15, 0.2) is 0 Å². The van der Waals surface area contributed by atoms with Gasteiger partial charge in [0, 0.05) is 17.3 Å². The number of aromatic nitrogens is 1. The van der Waals surface area contributed by atoms with Crippen molar-refractivity contribution in [2.45, 2.75) is 0 Å². The third-order valence-corrected chi connectivity index (χ3v) is 2.44. The predicted molar refractivity (Wildman–Crippen MR) is 54.0 cm³/mol. The summed E-state index contributed by atoms with van der Waals surface area (Å²) < 4.78 is 0. The van der Waals surface area contributed by atoms with Crippen LogP contribution in [0.3, 0.4) is 0 Å². The lowest BCUT2D eigenvalue weighted by Crippen LogP contribution is -1.60. The Morgan fingerprint density at radius 1 is 1.25 bits per heavy atom. The molecule has 2 aromatic rings. The number of nitrogens with one attached hydrogen (secondary N) is 1. The summed E-state index contributed by atoms with van der Waals surface area (Å²) in [7, 11) is 0. The van der Waals surface area contributed by atoms with Gasteiger partial charge < -0.3 is 4.98 Å². The van der Waals surface area contributed by atoms with Crippen LogP contribution in [-0.2, 0) is 0 Å². The maximum atomic E-state index is 3.01. The second-order valence-corrected chi connectivity index (χ2v) is 3.47. The summed E-state index contributed by atoms with van der Waals surface area (Å²) in [6.07, 6.45) is 8.12. The van der Waals surface area contributed by atoms with Crippen molar-refractivity contribution >= 4 is 23.5 Å². The Bertz CT molecular complexity index is 307. The van der Waals surface area contributed by atoms with E-state index in [1.165, 1.54) is 10.4 Å². The Morgan fingerprint density at radius 3 is 2.92 bits per heavy atom. The maximum absolute atomic E-state index is 3.01. The lowest BCUT2D eigenvalue weighted by Gasteiger charge is -1.82. The van der Waals surface area contributed by atoms with Crippen molar-refractivity contribution in [2.24, 2.45) is 0 Å². The number of H-pyrrole nitrogens is 1. The van der Waals surface area contributed by atoms with Gasteiger partial charge in [-0.1, -0.05) is 12.1 Å². The highest BCUT2D eigenvalue weighted by Crippen LogP contribution is 2.12. The molecule has 0 amide bonds. The summed E-state index contributed by atoms with van der Waals surface area (Å²) in [6.45, 7) is 0. The molecular formula is C10H9NS. The largest absolute Gasteiger partial charge is 0.367 e. The molecule has 0 saturated heterocycles. The second kappa shape index (κ2) is 3.41. The molecule has 60 valence electrons. The van der Waals surface area contributed by atoms with E-state index >= 15 is 0 Å². The summed E-state index contributed by atoms with van der Waals surface area (Å²) in [5, 5.41) is 2.08. The van der Waals surface area contributed by atoms with E-state index in [1.807, 2.05) is 18.5 Å². The first-order chi connectivity index (χ1) is 5.95. The van der Waals surface area contributed by atoms with Crippen LogP contribution in [0.5, 0.6) is 0 Å². The molecule has 0 aliphatic carbocycles. The van der Waals surface area contributed by atoms with Crippen molar-refractivity contribution in [3.05, 3.63) is 46.4 Å². The molecule has 0 spiro atoms. The number of rotatable bonds is 2. The maximum Gasteiger partial charge on any atom is 0.0270 e. The van der Waals surface area contributed by atoms with E-state index in [9.17, 15) is 0 Å². The molecule has 0 aromatic carbocycles. The minimum atomic E-state index is 1.21. The second-order valence-electron chi connectivity index (χ2n) is 2.49. The molecule has 2 rings (SSSR count). The molecule has 0 unspecified atom stereocenters. The van der Waals surface area contributed by atoms with Crippen molar-refractivity contribution in [1.82, 2.24) is 4.98 Å². The average Bonchev–Trinajstić information content (AvgIpc) is 2.74. The van der Waals surface area contributed by atoms with Crippen LogP contribution < -0.4 is 0 Å². The van der Waals surface area contributed by atoms with Crippen molar-refractivity contribution in [1.29, 1.82) is 0 Å². The van der Waals surface area contributed by atoms with Gasteiger partial charge in [0.25, 0.3) is 0 Å². The Morgan fingerprint density at radius 2 is 2.25 bits per heavy atom. The average molecular weight is 175 g/mol. The Labute approximate surface area is 75.4 Å². The van der Waals surface area contributed by atoms with Crippen LogP contribution >= 0.6 is 11.3 Å². The molecule has 1 N–H and O–H groups in total. The van der Waals surface area contributed by atoms with Crippen LogP contribution in [0.15, 0.2) is 36.0 Å². The number of thiophene rings is 1. The summed E-state index contributed by atoms with van der Waals surface area (Å²) in [5.41, 5.74) is 1.21. The van der Waals surface area contributed by atoms with Crippen LogP contribution in [0.1, 0.15) is 10.4 Å². The Kier molecular flexibility index (Phi) is 2.10. The fourth-order valence-electron chi connectivity index (χ4n) is 1.00. The quantitative estimate of drug-likeness (QED) is 0.721. The van der Waals surface area contributed by atoms with Crippen LogP contribution in [-0.4, -0.2) is 4.98 Å². The van der Waals surface area contributed by atoms with Crippen LogP contribution in [0.25, 0.3) is 12.2 Å². The van der Waals surface area contributed by atoms with Crippen LogP contribution in [0, 0.1) is 0 Å². The van der Waals surface area contributed by atoms with E-state index in [1.54, 1.807) is 11.3 Å². The normalized spacial score (nSPS) is 11.0. The zero-order chi connectivity index (χ0) is 8.23. The Balaban J connectivity index is 2.14. The molecule has 0 aliphatic rings. The molecule has 2 aromatic heterocycles. The number of aromatic amines is 1. The fraction of sp³-hybridized carbons (Fsp3) is 0. The van der Waals surface area contributed by atoms with Crippen LogP contribution in [0.4, 0.5) is 0 Å². The van der Waals surface area contributed by atoms with Crippen molar-refractivity contribution in [3.8, 4) is 0 Å². The molecule has 0 aliphatic heterocycles. The highest BCUT2D eigenvalue weighted by molar-refractivity contribution is 7.10. The highest BCUT2D eigenvalue weighted by atomic mass is 32.1. The number of hydrogen-bond acceptors (Lipinski definition) is 1. The van der Waals surface area contributed by atoms with E-state index < -0.39 is 0 Å². The van der Waals surface area contributed by atoms with Gasteiger partial charge >= 0.3 is 0 Å². The molecule has 12 heavy (non-hydrogen) atoms. The summed E-state index contributed by atoms with van der Waals surface area (Å²) >= 11 is 1.75. The zero-order valence-electron chi connectivity index (χ0n) is 6.53. The molecule has 2 heteroatoms. The lowest BCUT2D eigenvalue weighted by molar-refractivity contribution is 1.41. The third-order valence-electron chi connectivity index (χ3n) is 1.61. The molecule has 0 saturated carbocycles. The van der Waals surface area contributed by atoms with Crippen molar-refractivity contribution in [2.75, 3.05) is 0 Å². The first-order valence-corrected chi connectivity index (χ1v) is 4.67. The van der Waals surface area contributed by atoms with E-state index in [4.69, 9.17) is 0 Å². The molecular weight excluding hydrogens is 166 g/mol. The van der Waals surface area contributed by atoms with E-state index in [0.717, 1.165) is 0 Å².